The van der Waals surface area contributed by atoms with E-state index in [9.17, 15) is 18.0 Å². The van der Waals surface area contributed by atoms with Gasteiger partial charge in [0, 0.05) is 26.1 Å². The fourth-order valence-electron chi connectivity index (χ4n) is 2.29. The van der Waals surface area contributed by atoms with E-state index in [0.29, 0.717) is 19.6 Å². The first-order chi connectivity index (χ1) is 9.51. The summed E-state index contributed by atoms with van der Waals surface area (Å²) in [6.07, 6.45) is 2.71. The molecule has 1 amide bonds. The molecule has 0 bridgehead atoms. The largest absolute Gasteiger partial charge is 0.481 e. The molecule has 7 nitrogen and oxygen atoms in total. The van der Waals surface area contributed by atoms with Gasteiger partial charge in [-0.25, -0.2) is 13.1 Å². The summed E-state index contributed by atoms with van der Waals surface area (Å²) >= 11 is 0. The maximum atomic E-state index is 12.2. The first-order valence-corrected chi connectivity index (χ1v) is 8.86. The van der Waals surface area contributed by atoms with Crippen LogP contribution in [0.15, 0.2) is 0 Å². The summed E-state index contributed by atoms with van der Waals surface area (Å²) in [6.45, 7) is 4.44. The quantitative estimate of drug-likeness (QED) is 0.731. The van der Waals surface area contributed by atoms with Crippen molar-refractivity contribution in [2.75, 3.05) is 25.9 Å². The second kappa shape index (κ2) is 6.74. The fraction of sp³-hybridized carbons (Fsp3) is 0.846. The molecule has 122 valence electrons. The van der Waals surface area contributed by atoms with Crippen molar-refractivity contribution in [1.29, 1.82) is 0 Å². The van der Waals surface area contributed by atoms with Gasteiger partial charge in [-0.05, 0) is 32.6 Å². The van der Waals surface area contributed by atoms with Crippen LogP contribution in [0, 0.1) is 11.3 Å². The third-order valence-electron chi connectivity index (χ3n) is 3.68. The van der Waals surface area contributed by atoms with E-state index in [4.69, 9.17) is 5.11 Å². The van der Waals surface area contributed by atoms with Crippen molar-refractivity contribution in [3.63, 3.8) is 0 Å². The van der Waals surface area contributed by atoms with Crippen molar-refractivity contribution < 1.29 is 23.1 Å². The Hall–Kier alpha value is -1.15. The van der Waals surface area contributed by atoms with Crippen LogP contribution in [0.1, 0.15) is 33.1 Å². The van der Waals surface area contributed by atoms with E-state index >= 15 is 0 Å². The van der Waals surface area contributed by atoms with E-state index in [1.807, 2.05) is 0 Å². The standard InChI is InChI=1S/C13H24N2O5S/c1-13(2,12(17)18)7-11(16)15-6-4-5-10(9-15)8-14-21(3,19)20/h10,14H,4-9H2,1-3H3,(H,17,18). The van der Waals surface area contributed by atoms with Crippen LogP contribution < -0.4 is 4.72 Å². The molecule has 21 heavy (non-hydrogen) atoms. The third-order valence-corrected chi connectivity index (χ3v) is 4.37. The van der Waals surface area contributed by atoms with Crippen LogP contribution in [0.25, 0.3) is 0 Å². The van der Waals surface area contributed by atoms with Gasteiger partial charge in [-0.15, -0.1) is 0 Å². The van der Waals surface area contributed by atoms with Crippen molar-refractivity contribution in [2.45, 2.75) is 33.1 Å². The van der Waals surface area contributed by atoms with Gasteiger partial charge in [0.05, 0.1) is 11.7 Å². The predicted molar refractivity (Wildman–Crippen MR) is 78.2 cm³/mol. The molecule has 1 saturated heterocycles. The van der Waals surface area contributed by atoms with Gasteiger partial charge in [-0.1, -0.05) is 0 Å². The van der Waals surface area contributed by atoms with Crippen LogP contribution in [0.3, 0.4) is 0 Å². The summed E-state index contributed by atoms with van der Waals surface area (Å²) in [7, 11) is -3.23. The summed E-state index contributed by atoms with van der Waals surface area (Å²) in [5.41, 5.74) is -1.09. The number of aliphatic carboxylic acids is 1. The number of hydrogen-bond acceptors (Lipinski definition) is 4. The van der Waals surface area contributed by atoms with Crippen LogP contribution in [-0.4, -0.2) is 56.2 Å². The topological polar surface area (TPSA) is 104 Å². The Balaban J connectivity index is 2.56. The molecule has 1 heterocycles. The van der Waals surface area contributed by atoms with Crippen molar-refractivity contribution in [1.82, 2.24) is 9.62 Å². The number of carboxylic acids is 1. The number of nitrogens with zero attached hydrogens (tertiary/aromatic N) is 1. The number of hydrogen-bond donors (Lipinski definition) is 2. The molecule has 2 N–H and O–H groups in total. The zero-order valence-corrected chi connectivity index (χ0v) is 13.6. The normalized spacial score (nSPS) is 20.3. The molecule has 0 saturated carbocycles. The number of carboxylic acid groups (broad SMARTS) is 1. The Morgan fingerprint density at radius 2 is 2.00 bits per heavy atom. The van der Waals surface area contributed by atoms with E-state index < -0.39 is 21.4 Å². The minimum atomic E-state index is -3.23. The SMILES string of the molecule is CC(C)(CC(=O)N1CCCC(CNS(C)(=O)=O)C1)C(=O)O. The van der Waals surface area contributed by atoms with E-state index in [1.54, 1.807) is 4.90 Å². The highest BCUT2D eigenvalue weighted by atomic mass is 32.2. The summed E-state index contributed by atoms with van der Waals surface area (Å²) in [5, 5.41) is 9.07. The fourth-order valence-corrected chi connectivity index (χ4v) is 2.83. The van der Waals surface area contributed by atoms with Crippen LogP contribution >= 0.6 is 0 Å². The van der Waals surface area contributed by atoms with Gasteiger partial charge < -0.3 is 10.0 Å². The Bertz CT molecular complexity index is 501. The van der Waals surface area contributed by atoms with Gasteiger partial charge >= 0.3 is 5.97 Å². The first-order valence-electron chi connectivity index (χ1n) is 6.97. The van der Waals surface area contributed by atoms with Crippen LogP contribution in [0.5, 0.6) is 0 Å². The number of carbonyl (C=O) groups is 2. The summed E-state index contributed by atoms with van der Waals surface area (Å²) in [5.74, 6) is -1.11. The average Bonchev–Trinajstić information content (AvgIpc) is 2.35. The number of rotatable bonds is 6. The summed E-state index contributed by atoms with van der Waals surface area (Å²) in [4.78, 5) is 24.9. The second-order valence-corrected chi connectivity index (χ2v) is 8.17. The lowest BCUT2D eigenvalue weighted by molar-refractivity contribution is -0.151. The second-order valence-electron chi connectivity index (χ2n) is 6.33. The molecule has 0 aliphatic carbocycles. The zero-order valence-electron chi connectivity index (χ0n) is 12.8. The van der Waals surface area contributed by atoms with Crippen molar-refractivity contribution >= 4 is 21.9 Å². The average molecular weight is 320 g/mol. The lowest BCUT2D eigenvalue weighted by atomic mass is 9.88. The third kappa shape index (κ3) is 6.01. The van der Waals surface area contributed by atoms with Gasteiger partial charge in [-0.3, -0.25) is 9.59 Å². The molecule has 1 aliphatic heterocycles. The Morgan fingerprint density at radius 1 is 1.38 bits per heavy atom. The molecule has 1 atom stereocenters. The molecule has 0 spiro atoms. The highest BCUT2D eigenvalue weighted by Crippen LogP contribution is 2.24. The van der Waals surface area contributed by atoms with Crippen molar-refractivity contribution in [2.24, 2.45) is 11.3 Å². The lowest BCUT2D eigenvalue weighted by Gasteiger charge is -2.34. The molecule has 1 fully saturated rings. The molecule has 8 heteroatoms. The van der Waals surface area contributed by atoms with Gasteiger partial charge in [0.2, 0.25) is 15.9 Å². The molecule has 0 radical (unpaired) electrons. The molecule has 0 aromatic rings. The van der Waals surface area contributed by atoms with Gasteiger partial charge in [0.25, 0.3) is 0 Å². The number of piperidine rings is 1. The Kier molecular flexibility index (Phi) is 5.75. The van der Waals surface area contributed by atoms with Crippen LogP contribution in [-0.2, 0) is 19.6 Å². The van der Waals surface area contributed by atoms with Gasteiger partial charge in [0.1, 0.15) is 0 Å². The highest BCUT2D eigenvalue weighted by Gasteiger charge is 2.33. The minimum absolute atomic E-state index is 0.0471. The van der Waals surface area contributed by atoms with Gasteiger partial charge in [-0.2, -0.15) is 0 Å². The highest BCUT2D eigenvalue weighted by molar-refractivity contribution is 7.88. The van der Waals surface area contributed by atoms with Gasteiger partial charge in [0.15, 0.2) is 0 Å². The maximum Gasteiger partial charge on any atom is 0.309 e. The Labute approximate surface area is 125 Å². The van der Waals surface area contributed by atoms with E-state index in [-0.39, 0.29) is 18.2 Å². The molecule has 0 aromatic heterocycles. The smallest absolute Gasteiger partial charge is 0.309 e. The first kappa shape index (κ1) is 17.9. The molecule has 1 unspecified atom stereocenters. The number of sulfonamides is 1. The molecule has 1 rings (SSSR count). The van der Waals surface area contributed by atoms with E-state index in [2.05, 4.69) is 4.72 Å². The van der Waals surface area contributed by atoms with Crippen molar-refractivity contribution in [3.8, 4) is 0 Å². The van der Waals surface area contributed by atoms with E-state index in [1.165, 1.54) is 13.8 Å². The molecule has 1 aliphatic rings. The number of carbonyl (C=O) groups excluding carboxylic acids is 1. The zero-order chi connectivity index (χ0) is 16.3. The molecule has 0 aromatic carbocycles. The van der Waals surface area contributed by atoms with Crippen LogP contribution in [0.4, 0.5) is 0 Å². The Morgan fingerprint density at radius 3 is 2.52 bits per heavy atom. The number of nitrogens with one attached hydrogen (secondary N) is 1. The summed E-state index contributed by atoms with van der Waals surface area (Å²) in [6, 6.07) is 0. The number of likely N-dealkylation sites (tertiary alicyclic amines) is 1. The lowest BCUT2D eigenvalue weighted by Crippen LogP contribution is -2.45. The monoisotopic (exact) mass is 320 g/mol. The predicted octanol–water partition coefficient (Wildman–Crippen LogP) is 0.275. The molecular formula is C13H24N2O5S. The molecular weight excluding hydrogens is 296 g/mol. The van der Waals surface area contributed by atoms with Crippen molar-refractivity contribution in [3.05, 3.63) is 0 Å². The summed E-state index contributed by atoms with van der Waals surface area (Å²) < 4.78 is 24.6. The van der Waals surface area contributed by atoms with E-state index in [0.717, 1.165) is 19.1 Å². The number of amides is 1. The maximum absolute atomic E-state index is 12.2. The van der Waals surface area contributed by atoms with Crippen LogP contribution in [0.2, 0.25) is 0 Å². The minimum Gasteiger partial charge on any atom is -0.481 e.